The zero-order chi connectivity index (χ0) is 30.3. The fraction of sp³-hybridized carbons (Fsp3) is 0.357. The highest BCUT2D eigenvalue weighted by atomic mass is 32.1. The van der Waals surface area contributed by atoms with Gasteiger partial charge in [-0.2, -0.15) is 0 Å². The second kappa shape index (κ2) is 11.2. The van der Waals surface area contributed by atoms with E-state index in [1.807, 2.05) is 0 Å². The van der Waals surface area contributed by atoms with Gasteiger partial charge in [-0.3, -0.25) is 29.3 Å². The minimum absolute atomic E-state index is 0.00964. The van der Waals surface area contributed by atoms with Crippen molar-refractivity contribution in [1.82, 2.24) is 19.7 Å². The summed E-state index contributed by atoms with van der Waals surface area (Å²) >= 11 is 0.981. The molecule has 4 heterocycles. The van der Waals surface area contributed by atoms with Crippen molar-refractivity contribution >= 4 is 29.0 Å². The molecule has 220 valence electrons. The molecule has 1 fully saturated rings. The predicted molar refractivity (Wildman–Crippen MR) is 147 cm³/mol. The van der Waals surface area contributed by atoms with Crippen LogP contribution in [0.3, 0.4) is 0 Å². The summed E-state index contributed by atoms with van der Waals surface area (Å²) in [6.45, 7) is 8.34. The molecule has 0 spiro atoms. The first-order valence-corrected chi connectivity index (χ1v) is 13.7. The van der Waals surface area contributed by atoms with Crippen LogP contribution in [-0.4, -0.2) is 63.0 Å². The van der Waals surface area contributed by atoms with Gasteiger partial charge in [-0.1, -0.05) is 23.5 Å². The Morgan fingerprint density at radius 2 is 2.05 bits per heavy atom. The van der Waals surface area contributed by atoms with Crippen LogP contribution < -0.4 is 10.2 Å². The first-order chi connectivity index (χ1) is 19.9. The summed E-state index contributed by atoms with van der Waals surface area (Å²) in [5.74, 6) is -3.29. The summed E-state index contributed by atoms with van der Waals surface area (Å²) < 4.78 is 45.3. The van der Waals surface area contributed by atoms with Gasteiger partial charge in [0, 0.05) is 18.7 Å². The van der Waals surface area contributed by atoms with Crippen molar-refractivity contribution in [1.29, 1.82) is 5.41 Å². The standard InChI is InChI=1S/C28H27F2N5O6S/c1-5-16-8-9-39-26-23(31)34-12-17(24-33-32-19(42-24)10-14-6-7-15(29)11-18(14)30)21(36)22(20(34)25(37)35(16)26)40-13-41-27(38)28(2,3)4/h5-7,11-12,16,26,31H,1,8-10,13H2,2-4H3/t16-,26?/m1/s1. The number of fused-ring (bicyclic) bond motifs is 2. The van der Waals surface area contributed by atoms with Crippen LogP contribution in [0.15, 0.2) is 41.8 Å². The highest BCUT2D eigenvalue weighted by molar-refractivity contribution is 7.14. The van der Waals surface area contributed by atoms with Gasteiger partial charge < -0.3 is 14.2 Å². The van der Waals surface area contributed by atoms with Crippen molar-refractivity contribution in [2.45, 2.75) is 45.9 Å². The van der Waals surface area contributed by atoms with Crippen molar-refractivity contribution in [2.24, 2.45) is 5.41 Å². The Hall–Kier alpha value is -4.30. The highest BCUT2D eigenvalue weighted by Crippen LogP contribution is 2.33. The number of aromatic nitrogens is 3. The molecule has 42 heavy (non-hydrogen) atoms. The normalized spacial score (nSPS) is 18.4. The van der Waals surface area contributed by atoms with Crippen LogP contribution in [0.2, 0.25) is 0 Å². The number of pyridine rings is 1. The van der Waals surface area contributed by atoms with Gasteiger partial charge in [0.05, 0.1) is 23.6 Å². The fourth-order valence-electron chi connectivity index (χ4n) is 4.52. The lowest BCUT2D eigenvalue weighted by Crippen LogP contribution is -2.60. The highest BCUT2D eigenvalue weighted by Gasteiger charge is 2.45. The number of carbonyl (C=O) groups is 2. The lowest BCUT2D eigenvalue weighted by atomic mass is 9.98. The molecule has 0 saturated carbocycles. The molecule has 2 aromatic heterocycles. The zero-order valence-corrected chi connectivity index (χ0v) is 23.8. The monoisotopic (exact) mass is 599 g/mol. The van der Waals surface area contributed by atoms with E-state index in [1.165, 1.54) is 21.7 Å². The Kier molecular flexibility index (Phi) is 7.77. The third-order valence-corrected chi connectivity index (χ3v) is 7.68. The number of carbonyl (C=O) groups excluding carboxylic acids is 2. The zero-order valence-electron chi connectivity index (χ0n) is 23.0. The van der Waals surface area contributed by atoms with Gasteiger partial charge in [0.15, 0.2) is 22.8 Å². The number of nitrogens with one attached hydrogen (secondary N) is 1. The SMILES string of the molecule is C=C[C@@H]1CCOC2C(=N)n3cc(-c4nnc(Cc5ccc(F)cc5F)s4)c(=O)c(OCOC(=O)C(C)(C)C)c3C(=O)N21. The number of ether oxygens (including phenoxy) is 3. The molecule has 5 rings (SSSR count). The van der Waals surface area contributed by atoms with E-state index in [0.717, 1.165) is 23.5 Å². The van der Waals surface area contributed by atoms with Gasteiger partial charge in [0.1, 0.15) is 16.6 Å². The first kappa shape index (κ1) is 29.2. The van der Waals surface area contributed by atoms with Crippen molar-refractivity contribution in [2.75, 3.05) is 13.4 Å². The second-order valence-corrected chi connectivity index (χ2v) is 11.8. The summed E-state index contributed by atoms with van der Waals surface area (Å²) in [4.78, 5) is 41.2. The van der Waals surface area contributed by atoms with E-state index >= 15 is 0 Å². The van der Waals surface area contributed by atoms with Crippen LogP contribution in [0.1, 0.15) is 48.3 Å². The average Bonchev–Trinajstić information content (AvgIpc) is 3.41. The molecule has 0 aliphatic carbocycles. The number of benzene rings is 1. The molecular weight excluding hydrogens is 572 g/mol. The number of amides is 1. The smallest absolute Gasteiger partial charge is 0.314 e. The van der Waals surface area contributed by atoms with Crippen molar-refractivity contribution in [3.63, 3.8) is 0 Å². The molecule has 1 aromatic carbocycles. The summed E-state index contributed by atoms with van der Waals surface area (Å²) in [5, 5.41) is 17.4. The second-order valence-electron chi connectivity index (χ2n) is 10.7. The summed E-state index contributed by atoms with van der Waals surface area (Å²) in [7, 11) is 0. The topological polar surface area (TPSA) is 137 Å². The van der Waals surface area contributed by atoms with Crippen LogP contribution in [0.25, 0.3) is 10.6 Å². The molecule has 2 aliphatic heterocycles. The maximum atomic E-state index is 14.2. The number of hydrogen-bond donors (Lipinski definition) is 1. The van der Waals surface area contributed by atoms with E-state index in [2.05, 4.69) is 16.8 Å². The molecule has 14 heteroatoms. The third-order valence-electron chi connectivity index (χ3n) is 6.73. The molecule has 0 radical (unpaired) electrons. The van der Waals surface area contributed by atoms with Crippen molar-refractivity contribution in [3.8, 4) is 16.3 Å². The van der Waals surface area contributed by atoms with Gasteiger partial charge in [0.25, 0.3) is 5.91 Å². The predicted octanol–water partition coefficient (Wildman–Crippen LogP) is 3.74. The quantitative estimate of drug-likeness (QED) is 0.246. The molecule has 1 N–H and O–H groups in total. The van der Waals surface area contributed by atoms with Gasteiger partial charge >= 0.3 is 5.97 Å². The van der Waals surface area contributed by atoms with Gasteiger partial charge in [0.2, 0.25) is 18.0 Å². The Labute approximate surface area is 242 Å². The third kappa shape index (κ3) is 5.34. The Morgan fingerprint density at radius 1 is 1.29 bits per heavy atom. The first-order valence-electron chi connectivity index (χ1n) is 12.9. The van der Waals surface area contributed by atoms with Crippen LogP contribution in [0.5, 0.6) is 5.75 Å². The molecular formula is C28H27F2N5O6S. The van der Waals surface area contributed by atoms with Crippen molar-refractivity contribution < 1.29 is 32.6 Å². The Morgan fingerprint density at radius 3 is 2.74 bits per heavy atom. The summed E-state index contributed by atoms with van der Waals surface area (Å²) in [6.07, 6.45) is 2.25. The Balaban J connectivity index is 1.57. The van der Waals surface area contributed by atoms with E-state index in [4.69, 9.17) is 19.6 Å². The molecule has 1 amide bonds. The molecule has 11 nitrogen and oxygen atoms in total. The molecule has 3 aromatic rings. The van der Waals surface area contributed by atoms with Crippen LogP contribution >= 0.6 is 11.3 Å². The maximum Gasteiger partial charge on any atom is 0.314 e. The van der Waals surface area contributed by atoms with Crippen molar-refractivity contribution in [3.05, 3.63) is 75.2 Å². The van der Waals surface area contributed by atoms with E-state index < -0.39 is 59.2 Å². The lowest BCUT2D eigenvalue weighted by molar-refractivity contribution is -0.159. The molecule has 2 aliphatic rings. The van der Waals surface area contributed by atoms with E-state index in [0.29, 0.717) is 11.4 Å². The largest absolute Gasteiger partial charge is 0.451 e. The maximum absolute atomic E-state index is 14.2. The minimum Gasteiger partial charge on any atom is -0.451 e. The van der Waals surface area contributed by atoms with E-state index in [-0.39, 0.29) is 40.7 Å². The molecule has 1 saturated heterocycles. The lowest BCUT2D eigenvalue weighted by Gasteiger charge is -2.44. The number of nitrogens with zero attached hydrogens (tertiary/aromatic N) is 4. The summed E-state index contributed by atoms with van der Waals surface area (Å²) in [6, 6.07) is 2.73. The Bertz CT molecular complexity index is 1660. The van der Waals surface area contributed by atoms with Crippen LogP contribution in [0.4, 0.5) is 8.78 Å². The number of halogens is 2. The number of hydrogen-bond acceptors (Lipinski definition) is 10. The molecule has 2 atom stereocenters. The van der Waals surface area contributed by atoms with Crippen LogP contribution in [0, 0.1) is 22.5 Å². The van der Waals surface area contributed by atoms with E-state index in [1.54, 1.807) is 26.8 Å². The number of esters is 1. The van der Waals surface area contributed by atoms with Gasteiger partial charge in [-0.25, -0.2) is 8.78 Å². The molecule has 0 bridgehead atoms. The average molecular weight is 600 g/mol. The van der Waals surface area contributed by atoms with Crippen LogP contribution in [-0.2, 0) is 20.7 Å². The minimum atomic E-state index is -1.05. The number of rotatable bonds is 7. The van der Waals surface area contributed by atoms with E-state index in [9.17, 15) is 23.2 Å². The summed E-state index contributed by atoms with van der Waals surface area (Å²) in [5.41, 5.74) is -1.71. The van der Waals surface area contributed by atoms with Gasteiger partial charge in [-0.05, 0) is 38.8 Å². The van der Waals surface area contributed by atoms with Gasteiger partial charge in [-0.15, -0.1) is 16.8 Å². The fourth-order valence-corrected chi connectivity index (χ4v) is 5.39. The molecule has 1 unspecified atom stereocenters.